The lowest BCUT2D eigenvalue weighted by Gasteiger charge is -2.29. The first-order valence-corrected chi connectivity index (χ1v) is 10.9. The molecule has 0 bridgehead atoms. The number of likely N-dealkylation sites (tertiary alicyclic amines) is 1. The average Bonchev–Trinajstić information content (AvgIpc) is 2.81. The number of aliphatic hydroxyl groups excluding tert-OH is 1. The lowest BCUT2D eigenvalue weighted by molar-refractivity contribution is -0.117. The van der Waals surface area contributed by atoms with E-state index in [0.29, 0.717) is 5.69 Å². The van der Waals surface area contributed by atoms with Crippen LogP contribution in [-0.2, 0) is 11.3 Å². The fraction of sp³-hybridized carbons (Fsp3) is 0.269. The molecule has 1 amide bonds. The Labute approximate surface area is 187 Å². The molecule has 1 heterocycles. The summed E-state index contributed by atoms with van der Waals surface area (Å²) in [5.74, 6) is -0.570. The number of hydrogen-bond donors (Lipinski definition) is 3. The van der Waals surface area contributed by atoms with Crippen molar-refractivity contribution in [2.24, 2.45) is 0 Å². The molecule has 0 aliphatic carbocycles. The van der Waals surface area contributed by atoms with E-state index in [1.165, 1.54) is 12.1 Å². The van der Waals surface area contributed by atoms with E-state index in [4.69, 9.17) is 0 Å². The largest absolute Gasteiger partial charge is 0.393 e. The van der Waals surface area contributed by atoms with Crippen LogP contribution in [0.1, 0.15) is 30.0 Å². The molecule has 1 fully saturated rings. The van der Waals surface area contributed by atoms with E-state index in [1.807, 2.05) is 42.5 Å². The first-order valence-electron chi connectivity index (χ1n) is 10.9. The van der Waals surface area contributed by atoms with Gasteiger partial charge in [0.2, 0.25) is 0 Å². The van der Waals surface area contributed by atoms with Gasteiger partial charge in [0.05, 0.1) is 6.10 Å². The molecule has 1 unspecified atom stereocenters. The standard InChI is InChI=1S/C26H28FN3O2/c27-21-9-11-22(12-10-21)29-26(32)25(20-6-2-1-3-7-20)28-23-8-4-5-19(17-23)18-30-15-13-24(31)14-16-30/h1-12,17,24-25,28,31H,13-16,18H2,(H,29,32). The molecule has 0 radical (unpaired) electrons. The second kappa shape index (κ2) is 10.4. The number of nitrogens with zero attached hydrogens (tertiary/aromatic N) is 1. The van der Waals surface area contributed by atoms with Gasteiger partial charge in [-0.2, -0.15) is 0 Å². The predicted octanol–water partition coefficient (Wildman–Crippen LogP) is 4.57. The van der Waals surface area contributed by atoms with Crippen molar-refractivity contribution in [3.05, 3.63) is 95.8 Å². The van der Waals surface area contributed by atoms with E-state index in [-0.39, 0.29) is 17.8 Å². The van der Waals surface area contributed by atoms with E-state index >= 15 is 0 Å². The number of carbonyl (C=O) groups is 1. The van der Waals surface area contributed by atoms with Gasteiger partial charge in [0.25, 0.3) is 5.91 Å². The molecule has 1 aliphatic rings. The highest BCUT2D eigenvalue weighted by molar-refractivity contribution is 5.97. The summed E-state index contributed by atoms with van der Waals surface area (Å²) in [5, 5.41) is 16.0. The van der Waals surface area contributed by atoms with Gasteiger partial charge in [-0.3, -0.25) is 9.69 Å². The van der Waals surface area contributed by atoms with Gasteiger partial charge >= 0.3 is 0 Å². The number of piperidine rings is 1. The van der Waals surface area contributed by atoms with Crippen LogP contribution in [0.2, 0.25) is 0 Å². The van der Waals surface area contributed by atoms with Crippen LogP contribution in [0.5, 0.6) is 0 Å². The molecule has 0 saturated carbocycles. The average molecular weight is 434 g/mol. The van der Waals surface area contributed by atoms with Crippen molar-refractivity contribution in [3.63, 3.8) is 0 Å². The number of amides is 1. The van der Waals surface area contributed by atoms with Crippen molar-refractivity contribution in [1.82, 2.24) is 4.90 Å². The number of anilines is 2. The van der Waals surface area contributed by atoms with Gasteiger partial charge in [0.15, 0.2) is 0 Å². The summed E-state index contributed by atoms with van der Waals surface area (Å²) in [6, 6.07) is 22.7. The first kappa shape index (κ1) is 22.0. The minimum Gasteiger partial charge on any atom is -0.393 e. The SMILES string of the molecule is O=C(Nc1ccc(F)cc1)C(Nc1cccc(CN2CCC(O)CC2)c1)c1ccccc1. The van der Waals surface area contributed by atoms with E-state index in [2.05, 4.69) is 27.7 Å². The van der Waals surface area contributed by atoms with Crippen LogP contribution < -0.4 is 10.6 Å². The van der Waals surface area contributed by atoms with Crippen LogP contribution in [0, 0.1) is 5.82 Å². The number of nitrogens with one attached hydrogen (secondary N) is 2. The smallest absolute Gasteiger partial charge is 0.251 e. The molecule has 1 aliphatic heterocycles. The van der Waals surface area contributed by atoms with E-state index in [0.717, 1.165) is 49.3 Å². The molecular formula is C26H28FN3O2. The quantitative estimate of drug-likeness (QED) is 0.511. The van der Waals surface area contributed by atoms with Crippen molar-refractivity contribution in [1.29, 1.82) is 0 Å². The predicted molar refractivity (Wildman–Crippen MR) is 125 cm³/mol. The Hall–Kier alpha value is -3.22. The summed E-state index contributed by atoms with van der Waals surface area (Å²) >= 11 is 0. The van der Waals surface area contributed by atoms with Crippen molar-refractivity contribution in [3.8, 4) is 0 Å². The van der Waals surface area contributed by atoms with E-state index < -0.39 is 6.04 Å². The summed E-state index contributed by atoms with van der Waals surface area (Å²) in [7, 11) is 0. The van der Waals surface area contributed by atoms with Gasteiger partial charge < -0.3 is 15.7 Å². The Morgan fingerprint density at radius 2 is 1.69 bits per heavy atom. The molecule has 1 atom stereocenters. The van der Waals surface area contributed by atoms with Crippen molar-refractivity contribution in [2.45, 2.75) is 31.5 Å². The van der Waals surface area contributed by atoms with E-state index in [9.17, 15) is 14.3 Å². The summed E-state index contributed by atoms with van der Waals surface area (Å²) in [6.45, 7) is 2.57. The highest BCUT2D eigenvalue weighted by Gasteiger charge is 2.21. The maximum atomic E-state index is 13.2. The van der Waals surface area contributed by atoms with Crippen LogP contribution in [0.25, 0.3) is 0 Å². The second-order valence-corrected chi connectivity index (χ2v) is 8.19. The molecule has 3 aromatic carbocycles. The number of rotatable bonds is 7. The Morgan fingerprint density at radius 1 is 0.969 bits per heavy atom. The lowest BCUT2D eigenvalue weighted by Crippen LogP contribution is -2.35. The molecule has 4 rings (SSSR count). The zero-order valence-electron chi connectivity index (χ0n) is 17.9. The zero-order chi connectivity index (χ0) is 22.3. The second-order valence-electron chi connectivity index (χ2n) is 8.19. The van der Waals surface area contributed by atoms with Crippen molar-refractivity contribution >= 4 is 17.3 Å². The van der Waals surface area contributed by atoms with E-state index in [1.54, 1.807) is 12.1 Å². The maximum Gasteiger partial charge on any atom is 0.251 e. The fourth-order valence-corrected chi connectivity index (χ4v) is 3.96. The van der Waals surface area contributed by atoms with Gasteiger partial charge in [-0.25, -0.2) is 4.39 Å². The zero-order valence-corrected chi connectivity index (χ0v) is 17.9. The van der Waals surface area contributed by atoms with Crippen LogP contribution in [-0.4, -0.2) is 35.1 Å². The highest BCUT2D eigenvalue weighted by Crippen LogP contribution is 2.23. The Balaban J connectivity index is 1.49. The Morgan fingerprint density at radius 3 is 2.41 bits per heavy atom. The van der Waals surface area contributed by atoms with Gasteiger partial charge in [-0.1, -0.05) is 42.5 Å². The molecular weight excluding hydrogens is 405 g/mol. The summed E-state index contributed by atoms with van der Waals surface area (Å²) < 4.78 is 13.2. The molecule has 5 nitrogen and oxygen atoms in total. The third-order valence-corrected chi connectivity index (χ3v) is 5.71. The van der Waals surface area contributed by atoms with Gasteiger partial charge in [-0.15, -0.1) is 0 Å². The number of hydrogen-bond acceptors (Lipinski definition) is 4. The van der Waals surface area contributed by atoms with Gasteiger partial charge in [0.1, 0.15) is 11.9 Å². The number of aliphatic hydroxyl groups is 1. The molecule has 3 aromatic rings. The first-order chi connectivity index (χ1) is 15.6. The summed E-state index contributed by atoms with van der Waals surface area (Å²) in [4.78, 5) is 15.5. The molecule has 0 spiro atoms. The van der Waals surface area contributed by atoms with Gasteiger partial charge in [-0.05, 0) is 60.4 Å². The molecule has 1 saturated heterocycles. The van der Waals surface area contributed by atoms with Crippen LogP contribution in [0.4, 0.5) is 15.8 Å². The van der Waals surface area contributed by atoms with Crippen molar-refractivity contribution < 1.29 is 14.3 Å². The maximum absolute atomic E-state index is 13.2. The summed E-state index contributed by atoms with van der Waals surface area (Å²) in [6.07, 6.45) is 1.42. The molecule has 166 valence electrons. The third kappa shape index (κ3) is 5.93. The number of benzene rings is 3. The molecule has 3 N–H and O–H groups in total. The molecule has 32 heavy (non-hydrogen) atoms. The minimum atomic E-state index is -0.610. The van der Waals surface area contributed by atoms with Crippen molar-refractivity contribution in [2.75, 3.05) is 23.7 Å². The Kier molecular flexibility index (Phi) is 7.14. The molecule has 0 aromatic heterocycles. The fourth-order valence-electron chi connectivity index (χ4n) is 3.96. The lowest BCUT2D eigenvalue weighted by atomic mass is 10.0. The van der Waals surface area contributed by atoms with Gasteiger partial charge in [0, 0.05) is 31.0 Å². The minimum absolute atomic E-state index is 0.189. The van der Waals surface area contributed by atoms with Crippen LogP contribution in [0.3, 0.4) is 0 Å². The number of halogens is 1. The summed E-state index contributed by atoms with van der Waals surface area (Å²) in [5.41, 5.74) is 3.38. The monoisotopic (exact) mass is 433 g/mol. The van der Waals surface area contributed by atoms with Crippen LogP contribution in [0.15, 0.2) is 78.9 Å². The van der Waals surface area contributed by atoms with Crippen LogP contribution >= 0.6 is 0 Å². The normalized spacial score (nSPS) is 15.8. The Bertz CT molecular complexity index is 1020. The number of carbonyl (C=O) groups excluding carboxylic acids is 1. The highest BCUT2D eigenvalue weighted by atomic mass is 19.1. The third-order valence-electron chi connectivity index (χ3n) is 5.71. The molecule has 6 heteroatoms. The topological polar surface area (TPSA) is 64.6 Å².